The van der Waals surface area contributed by atoms with Crippen LogP contribution in [0, 0.1) is 17.5 Å². The minimum Gasteiger partial charge on any atom is -0.312 e. The van der Waals surface area contributed by atoms with E-state index in [0.717, 1.165) is 12.1 Å². The Labute approximate surface area is 169 Å². The molecule has 1 saturated heterocycles. The summed E-state index contributed by atoms with van der Waals surface area (Å²) < 4.78 is 65.0. The zero-order valence-corrected chi connectivity index (χ0v) is 16.7. The lowest BCUT2D eigenvalue weighted by Gasteiger charge is -2.27. The largest absolute Gasteiger partial charge is 0.312 e. The molecule has 2 aliphatic heterocycles. The monoisotopic (exact) mass is 446 g/mol. The number of halogens is 4. The first kappa shape index (κ1) is 19.6. The van der Waals surface area contributed by atoms with E-state index in [4.69, 9.17) is 11.6 Å². The summed E-state index contributed by atoms with van der Waals surface area (Å²) in [5, 5.41) is 0.684. The van der Waals surface area contributed by atoms with Crippen molar-refractivity contribution in [2.24, 2.45) is 4.99 Å². The molecule has 148 valence electrons. The lowest BCUT2D eigenvalue weighted by molar-refractivity contribution is 0.577. The predicted octanol–water partition coefficient (Wildman–Crippen LogP) is 4.03. The van der Waals surface area contributed by atoms with Gasteiger partial charge >= 0.3 is 0 Å². The molecule has 4 nitrogen and oxygen atoms in total. The molecule has 2 aromatic rings. The first-order chi connectivity index (χ1) is 13.2. The van der Waals surface area contributed by atoms with Gasteiger partial charge < -0.3 is 4.90 Å². The van der Waals surface area contributed by atoms with Crippen LogP contribution < -0.4 is 4.90 Å². The first-order valence-corrected chi connectivity index (χ1v) is 11.5. The molecule has 0 saturated carbocycles. The Bertz CT molecular complexity index is 1080. The van der Waals surface area contributed by atoms with E-state index >= 15 is 0 Å². The van der Waals surface area contributed by atoms with Crippen LogP contribution in [0.1, 0.15) is 5.56 Å². The lowest BCUT2D eigenvalue weighted by Crippen LogP contribution is -2.39. The zero-order valence-electron chi connectivity index (χ0n) is 14.3. The molecule has 2 aliphatic rings. The van der Waals surface area contributed by atoms with E-state index in [1.807, 2.05) is 0 Å². The minimum absolute atomic E-state index is 0.0717. The van der Waals surface area contributed by atoms with Gasteiger partial charge in [0, 0.05) is 16.8 Å². The van der Waals surface area contributed by atoms with Crippen molar-refractivity contribution in [1.29, 1.82) is 0 Å². The Balaban J connectivity index is 1.65. The third-order valence-corrected chi connectivity index (χ3v) is 7.71. The predicted molar refractivity (Wildman–Crippen MR) is 105 cm³/mol. The topological polar surface area (TPSA) is 49.7 Å². The van der Waals surface area contributed by atoms with Gasteiger partial charge in [0.05, 0.1) is 29.3 Å². The molecule has 0 amide bonds. The summed E-state index contributed by atoms with van der Waals surface area (Å²) in [6, 6.07) is 6.13. The highest BCUT2D eigenvalue weighted by molar-refractivity contribution is 8.13. The smallest absolute Gasteiger partial charge is 0.164 e. The van der Waals surface area contributed by atoms with Crippen LogP contribution in [-0.2, 0) is 15.6 Å². The molecule has 0 bridgehead atoms. The maximum atomic E-state index is 14.4. The molecule has 10 heteroatoms. The maximum Gasteiger partial charge on any atom is 0.164 e. The lowest BCUT2D eigenvalue weighted by atomic mass is 10.1. The van der Waals surface area contributed by atoms with Crippen LogP contribution in [0.4, 0.5) is 18.9 Å². The third kappa shape index (κ3) is 3.75. The minimum atomic E-state index is -3.29. The molecule has 2 heterocycles. The number of hydrogen-bond donors (Lipinski definition) is 0. The number of amidine groups is 1. The molecule has 1 fully saturated rings. The van der Waals surface area contributed by atoms with Gasteiger partial charge in [-0.3, -0.25) is 4.99 Å². The van der Waals surface area contributed by atoms with Gasteiger partial charge in [-0.2, -0.15) is 0 Å². The van der Waals surface area contributed by atoms with E-state index in [9.17, 15) is 21.6 Å². The fourth-order valence-electron chi connectivity index (χ4n) is 3.37. The number of anilines is 1. The van der Waals surface area contributed by atoms with Gasteiger partial charge in [-0.15, -0.1) is 0 Å². The molecule has 2 atom stereocenters. The van der Waals surface area contributed by atoms with Gasteiger partial charge in [-0.1, -0.05) is 29.4 Å². The zero-order chi connectivity index (χ0) is 20.1. The number of hydrogen-bond acceptors (Lipinski definition) is 5. The average Bonchev–Trinajstić information content (AvgIpc) is 3.06. The normalized spacial score (nSPS) is 23.0. The summed E-state index contributed by atoms with van der Waals surface area (Å²) in [7, 11) is -3.29. The van der Waals surface area contributed by atoms with Crippen LogP contribution in [0.2, 0.25) is 5.02 Å². The van der Waals surface area contributed by atoms with Gasteiger partial charge in [-0.25, -0.2) is 21.6 Å². The second-order valence-corrected chi connectivity index (χ2v) is 10.1. The summed E-state index contributed by atoms with van der Waals surface area (Å²) in [4.78, 5) is 6.00. The van der Waals surface area contributed by atoms with E-state index in [2.05, 4.69) is 4.99 Å². The van der Waals surface area contributed by atoms with E-state index in [-0.39, 0.29) is 22.2 Å². The van der Waals surface area contributed by atoms with Crippen LogP contribution in [-0.4, -0.2) is 37.2 Å². The van der Waals surface area contributed by atoms with Gasteiger partial charge in [0.15, 0.2) is 15.0 Å². The molecule has 0 spiro atoms. The number of aliphatic imine (C=N–C) groups is 1. The Morgan fingerprint density at radius 1 is 1.11 bits per heavy atom. The second kappa shape index (κ2) is 7.27. The van der Waals surface area contributed by atoms with E-state index in [0.29, 0.717) is 16.5 Å². The molecule has 0 unspecified atom stereocenters. The number of nitrogens with zero attached hydrogens (tertiary/aromatic N) is 2. The van der Waals surface area contributed by atoms with Crippen molar-refractivity contribution in [3.05, 3.63) is 64.4 Å². The number of benzene rings is 2. The van der Waals surface area contributed by atoms with Gasteiger partial charge in [0.1, 0.15) is 17.5 Å². The van der Waals surface area contributed by atoms with Crippen LogP contribution in [0.5, 0.6) is 0 Å². The fraction of sp³-hybridized carbons (Fsp3) is 0.278. The molecular weight excluding hydrogens is 433 g/mol. The number of thioether (sulfide) groups is 1. The van der Waals surface area contributed by atoms with Gasteiger partial charge in [0.25, 0.3) is 0 Å². The van der Waals surface area contributed by atoms with Gasteiger partial charge in [-0.05, 0) is 29.8 Å². The quantitative estimate of drug-likeness (QED) is 0.714. The number of fused-ring (bicyclic) bond motifs is 1. The molecule has 0 aromatic heterocycles. The van der Waals surface area contributed by atoms with E-state index in [1.165, 1.54) is 34.9 Å². The molecular formula is C18H14ClF3N2O2S2. The highest BCUT2D eigenvalue weighted by atomic mass is 35.5. The van der Waals surface area contributed by atoms with Crippen molar-refractivity contribution < 1.29 is 21.6 Å². The van der Waals surface area contributed by atoms with Crippen molar-refractivity contribution in [3.8, 4) is 0 Å². The van der Waals surface area contributed by atoms with Crippen LogP contribution in [0.25, 0.3) is 0 Å². The molecule has 0 aliphatic carbocycles. The average molecular weight is 447 g/mol. The number of sulfone groups is 1. The van der Waals surface area contributed by atoms with Crippen molar-refractivity contribution in [3.63, 3.8) is 0 Å². The summed E-state index contributed by atoms with van der Waals surface area (Å²) in [6.07, 6.45) is 0. The Hall–Kier alpha value is -1.71. The van der Waals surface area contributed by atoms with Crippen molar-refractivity contribution in [1.82, 2.24) is 0 Å². The molecule has 2 aromatic carbocycles. The number of rotatable bonds is 3. The Kier molecular flexibility index (Phi) is 5.09. The fourth-order valence-corrected chi connectivity index (χ4v) is 6.65. The van der Waals surface area contributed by atoms with Crippen LogP contribution in [0.15, 0.2) is 41.4 Å². The van der Waals surface area contributed by atoms with Crippen LogP contribution >= 0.6 is 23.4 Å². The molecule has 4 rings (SSSR count). The van der Waals surface area contributed by atoms with E-state index in [1.54, 1.807) is 6.07 Å². The summed E-state index contributed by atoms with van der Waals surface area (Å²) in [5.74, 6) is -1.90. The third-order valence-electron chi connectivity index (χ3n) is 4.65. The summed E-state index contributed by atoms with van der Waals surface area (Å²) in [5.41, 5.74) is 0.738. The first-order valence-electron chi connectivity index (χ1n) is 8.33. The molecule has 0 N–H and O–H groups in total. The standard InChI is InChI=1S/C18H14ClF3N2O2S2/c19-13-5-11(20)2-1-10(13)7-27-18-23-15-8-28(25,26)9-17(15)24(18)16-4-3-12(21)6-14(16)22/h1-6,15,17H,7-9H2/t15-,17-/m1/s1. The highest BCUT2D eigenvalue weighted by Crippen LogP contribution is 2.37. The summed E-state index contributed by atoms with van der Waals surface area (Å²) >= 11 is 7.30. The molecule has 0 radical (unpaired) electrons. The van der Waals surface area contributed by atoms with Crippen molar-refractivity contribution in [2.45, 2.75) is 17.8 Å². The highest BCUT2D eigenvalue weighted by Gasteiger charge is 2.47. The van der Waals surface area contributed by atoms with Crippen molar-refractivity contribution >= 4 is 44.1 Å². The SMILES string of the molecule is O=S1(=O)C[C@@H]2[C@@H](C1)N=C(SCc1ccc(F)cc1Cl)N2c1ccc(F)cc1F. The van der Waals surface area contributed by atoms with Crippen molar-refractivity contribution in [2.75, 3.05) is 16.4 Å². The molecule has 28 heavy (non-hydrogen) atoms. The second-order valence-electron chi connectivity index (χ2n) is 6.61. The Morgan fingerprint density at radius 3 is 2.54 bits per heavy atom. The summed E-state index contributed by atoms with van der Waals surface area (Å²) in [6.45, 7) is 0. The van der Waals surface area contributed by atoms with Gasteiger partial charge in [0.2, 0.25) is 0 Å². The van der Waals surface area contributed by atoms with E-state index < -0.39 is 39.4 Å². The van der Waals surface area contributed by atoms with Crippen LogP contribution in [0.3, 0.4) is 0 Å². The Morgan fingerprint density at radius 2 is 1.82 bits per heavy atom. The maximum absolute atomic E-state index is 14.4.